The van der Waals surface area contributed by atoms with Crippen LogP contribution in [0.2, 0.25) is 0 Å². The van der Waals surface area contributed by atoms with Crippen LogP contribution in [0.25, 0.3) is 5.69 Å². The summed E-state index contributed by atoms with van der Waals surface area (Å²) in [5.41, 5.74) is 2.07. The summed E-state index contributed by atoms with van der Waals surface area (Å²) in [5.74, 6) is -0.491. The molecule has 0 saturated heterocycles. The molecule has 2 N–H and O–H groups in total. The summed E-state index contributed by atoms with van der Waals surface area (Å²) in [7, 11) is 0. The van der Waals surface area contributed by atoms with Gasteiger partial charge in [0.05, 0.1) is 11.9 Å². The fraction of sp³-hybridized carbons (Fsp3) is 0.158. The van der Waals surface area contributed by atoms with Gasteiger partial charge >= 0.3 is 0 Å². The Hall–Kier alpha value is -3.08. The summed E-state index contributed by atoms with van der Waals surface area (Å²) < 4.78 is 1.49. The first-order chi connectivity index (χ1) is 11.7. The number of benzene rings is 2. The Kier molecular flexibility index (Phi) is 4.91. The SMILES string of the molecule is O=C(NCCCc1ccccc1)c1nn(-c2ccccc2)cc1O. The number of hydrogen-bond donors (Lipinski definition) is 2. The zero-order chi connectivity index (χ0) is 16.8. The molecular formula is C19H19N3O2. The lowest BCUT2D eigenvalue weighted by atomic mass is 10.1. The third kappa shape index (κ3) is 3.81. The minimum absolute atomic E-state index is 0.0403. The number of aromatic nitrogens is 2. The first-order valence-corrected chi connectivity index (χ1v) is 7.90. The average molecular weight is 321 g/mol. The molecule has 0 aliphatic carbocycles. The highest BCUT2D eigenvalue weighted by molar-refractivity contribution is 5.94. The summed E-state index contributed by atoms with van der Waals surface area (Å²) in [5, 5.41) is 16.9. The van der Waals surface area contributed by atoms with Gasteiger partial charge in [-0.05, 0) is 30.5 Å². The van der Waals surface area contributed by atoms with E-state index in [1.54, 1.807) is 0 Å². The van der Waals surface area contributed by atoms with E-state index < -0.39 is 0 Å². The van der Waals surface area contributed by atoms with Crippen LogP contribution in [0, 0.1) is 0 Å². The fourth-order valence-corrected chi connectivity index (χ4v) is 2.46. The quantitative estimate of drug-likeness (QED) is 0.686. The van der Waals surface area contributed by atoms with Crippen molar-refractivity contribution in [1.29, 1.82) is 0 Å². The third-order valence-electron chi connectivity index (χ3n) is 3.70. The summed E-state index contributed by atoms with van der Waals surface area (Å²) in [6.45, 7) is 0.533. The Morgan fingerprint density at radius 2 is 1.71 bits per heavy atom. The molecule has 0 atom stereocenters. The van der Waals surface area contributed by atoms with Crippen LogP contribution in [-0.2, 0) is 6.42 Å². The van der Waals surface area contributed by atoms with Crippen molar-refractivity contribution in [3.8, 4) is 11.4 Å². The van der Waals surface area contributed by atoms with Crippen LogP contribution in [0.3, 0.4) is 0 Å². The maximum absolute atomic E-state index is 12.2. The predicted octanol–water partition coefficient (Wildman–Crippen LogP) is 2.94. The molecule has 1 heterocycles. The molecule has 3 aromatic rings. The monoisotopic (exact) mass is 321 g/mol. The number of amides is 1. The number of carbonyl (C=O) groups excluding carboxylic acids is 1. The van der Waals surface area contributed by atoms with Crippen LogP contribution in [0.5, 0.6) is 5.75 Å². The lowest BCUT2D eigenvalue weighted by Gasteiger charge is -2.04. The molecule has 0 unspecified atom stereocenters. The number of rotatable bonds is 6. The number of para-hydroxylation sites is 1. The minimum Gasteiger partial charge on any atom is -0.504 e. The Morgan fingerprint density at radius 3 is 2.42 bits per heavy atom. The van der Waals surface area contributed by atoms with Crippen LogP contribution in [0.1, 0.15) is 22.5 Å². The van der Waals surface area contributed by atoms with E-state index in [0.29, 0.717) is 6.54 Å². The summed E-state index contributed by atoms with van der Waals surface area (Å²) in [6, 6.07) is 19.5. The number of carbonyl (C=O) groups is 1. The molecule has 1 aromatic heterocycles. The first-order valence-electron chi connectivity index (χ1n) is 7.90. The van der Waals surface area contributed by atoms with Gasteiger partial charge in [0.1, 0.15) is 0 Å². The number of nitrogens with zero attached hydrogens (tertiary/aromatic N) is 2. The highest BCUT2D eigenvalue weighted by Crippen LogP contribution is 2.17. The number of aromatic hydroxyl groups is 1. The van der Waals surface area contributed by atoms with Gasteiger partial charge in [-0.15, -0.1) is 0 Å². The molecule has 122 valence electrons. The summed E-state index contributed by atoms with van der Waals surface area (Å²) in [4.78, 5) is 12.2. The van der Waals surface area contributed by atoms with Gasteiger partial charge in [0.15, 0.2) is 11.4 Å². The molecular weight excluding hydrogens is 302 g/mol. The number of hydrogen-bond acceptors (Lipinski definition) is 3. The van der Waals surface area contributed by atoms with Crippen molar-refractivity contribution in [1.82, 2.24) is 15.1 Å². The van der Waals surface area contributed by atoms with Crippen molar-refractivity contribution in [3.05, 3.63) is 78.1 Å². The van der Waals surface area contributed by atoms with E-state index in [2.05, 4.69) is 22.5 Å². The van der Waals surface area contributed by atoms with Gasteiger partial charge < -0.3 is 10.4 Å². The lowest BCUT2D eigenvalue weighted by molar-refractivity contribution is 0.0945. The van der Waals surface area contributed by atoms with Gasteiger partial charge in [-0.1, -0.05) is 48.5 Å². The van der Waals surface area contributed by atoms with Gasteiger partial charge in [0.2, 0.25) is 0 Å². The predicted molar refractivity (Wildman–Crippen MR) is 92.3 cm³/mol. The Bertz CT molecular complexity index is 798. The molecule has 0 radical (unpaired) electrons. The van der Waals surface area contributed by atoms with Crippen molar-refractivity contribution < 1.29 is 9.90 Å². The van der Waals surface area contributed by atoms with E-state index >= 15 is 0 Å². The summed E-state index contributed by atoms with van der Waals surface area (Å²) >= 11 is 0. The normalized spacial score (nSPS) is 10.5. The maximum Gasteiger partial charge on any atom is 0.275 e. The second kappa shape index (κ2) is 7.46. The van der Waals surface area contributed by atoms with Crippen molar-refractivity contribution >= 4 is 5.91 Å². The number of nitrogens with one attached hydrogen (secondary N) is 1. The van der Waals surface area contributed by atoms with Gasteiger partial charge in [0.25, 0.3) is 5.91 Å². The smallest absolute Gasteiger partial charge is 0.275 e. The molecule has 0 aliphatic heterocycles. The molecule has 0 aliphatic rings. The zero-order valence-corrected chi connectivity index (χ0v) is 13.2. The largest absolute Gasteiger partial charge is 0.504 e. The van der Waals surface area contributed by atoms with Gasteiger partial charge in [-0.2, -0.15) is 5.10 Å². The molecule has 2 aromatic carbocycles. The van der Waals surface area contributed by atoms with E-state index in [1.165, 1.54) is 16.4 Å². The standard InChI is InChI=1S/C19H19N3O2/c23-17-14-22(16-11-5-2-6-12-16)21-18(17)19(24)20-13-7-10-15-8-3-1-4-9-15/h1-6,8-9,11-12,14,23H,7,10,13H2,(H,20,24). The van der Waals surface area contributed by atoms with Crippen LogP contribution >= 0.6 is 0 Å². The van der Waals surface area contributed by atoms with E-state index in [9.17, 15) is 9.90 Å². The molecule has 5 nitrogen and oxygen atoms in total. The van der Waals surface area contributed by atoms with Crippen molar-refractivity contribution in [2.75, 3.05) is 6.54 Å². The topological polar surface area (TPSA) is 67.2 Å². The van der Waals surface area contributed by atoms with Crippen LogP contribution in [-0.4, -0.2) is 27.3 Å². The Morgan fingerprint density at radius 1 is 1.04 bits per heavy atom. The van der Waals surface area contributed by atoms with Crippen molar-refractivity contribution in [3.63, 3.8) is 0 Å². The van der Waals surface area contributed by atoms with E-state index in [4.69, 9.17) is 0 Å². The molecule has 0 bridgehead atoms. The van der Waals surface area contributed by atoms with Gasteiger partial charge in [-0.3, -0.25) is 4.79 Å². The van der Waals surface area contributed by atoms with Crippen LogP contribution in [0.4, 0.5) is 0 Å². The molecule has 24 heavy (non-hydrogen) atoms. The third-order valence-corrected chi connectivity index (χ3v) is 3.70. The highest BCUT2D eigenvalue weighted by atomic mass is 16.3. The highest BCUT2D eigenvalue weighted by Gasteiger charge is 2.16. The second-order valence-electron chi connectivity index (χ2n) is 5.49. The molecule has 3 rings (SSSR count). The Balaban J connectivity index is 1.56. The average Bonchev–Trinajstić information content (AvgIpc) is 3.02. The van der Waals surface area contributed by atoms with E-state index in [-0.39, 0.29) is 17.4 Å². The van der Waals surface area contributed by atoms with Crippen molar-refractivity contribution in [2.45, 2.75) is 12.8 Å². The van der Waals surface area contributed by atoms with E-state index in [0.717, 1.165) is 18.5 Å². The zero-order valence-electron chi connectivity index (χ0n) is 13.2. The summed E-state index contributed by atoms with van der Waals surface area (Å²) in [6.07, 6.45) is 3.16. The lowest BCUT2D eigenvalue weighted by Crippen LogP contribution is -2.25. The van der Waals surface area contributed by atoms with Gasteiger partial charge in [0, 0.05) is 6.54 Å². The number of aryl methyl sites for hydroxylation is 1. The minimum atomic E-state index is -0.366. The second-order valence-corrected chi connectivity index (χ2v) is 5.49. The van der Waals surface area contributed by atoms with Crippen LogP contribution in [0.15, 0.2) is 66.9 Å². The maximum atomic E-state index is 12.2. The molecule has 0 saturated carbocycles. The molecule has 0 spiro atoms. The van der Waals surface area contributed by atoms with Crippen molar-refractivity contribution in [2.24, 2.45) is 0 Å². The molecule has 0 fully saturated rings. The van der Waals surface area contributed by atoms with Gasteiger partial charge in [-0.25, -0.2) is 4.68 Å². The molecule has 5 heteroatoms. The van der Waals surface area contributed by atoms with Crippen LogP contribution < -0.4 is 5.32 Å². The molecule has 1 amide bonds. The fourth-order valence-electron chi connectivity index (χ4n) is 2.46. The first kappa shape index (κ1) is 15.8. The Labute approximate surface area is 140 Å². The van der Waals surface area contributed by atoms with E-state index in [1.807, 2.05) is 48.5 Å².